The lowest BCUT2D eigenvalue weighted by Gasteiger charge is -2.12. The van der Waals surface area contributed by atoms with Gasteiger partial charge >= 0.3 is 0 Å². The molecule has 0 heterocycles. The van der Waals surface area contributed by atoms with Crippen molar-refractivity contribution in [1.29, 1.82) is 0 Å². The van der Waals surface area contributed by atoms with E-state index in [0.717, 1.165) is 17.7 Å². The van der Waals surface area contributed by atoms with Gasteiger partial charge < -0.3 is 10.1 Å². The lowest BCUT2D eigenvalue weighted by atomic mass is 10.0. The Morgan fingerprint density at radius 1 is 1.04 bits per heavy atom. The number of methoxy groups -OCH3 is 1. The number of anilines is 1. The number of ether oxygens (including phenoxy) is 1. The topological polar surface area (TPSA) is 116 Å². The third-order valence-corrected chi connectivity index (χ3v) is 4.05. The monoisotopic (exact) mass is 378 g/mol. The molecule has 2 aromatic rings. The lowest BCUT2D eigenvalue weighted by molar-refractivity contribution is -0.383. The number of benzene rings is 2. The van der Waals surface area contributed by atoms with Gasteiger partial charge in [0.05, 0.1) is 12.0 Å². The number of allylic oxidation sites excluding steroid dienone is 2. The first-order chi connectivity index (χ1) is 13.4. The molecule has 0 aromatic heterocycles. The van der Waals surface area contributed by atoms with Gasteiger partial charge in [-0.15, -0.1) is 0 Å². The minimum atomic E-state index is -0.904. The van der Waals surface area contributed by atoms with Crippen LogP contribution in [0.1, 0.15) is 0 Å². The van der Waals surface area contributed by atoms with Crippen molar-refractivity contribution in [3.63, 3.8) is 0 Å². The Labute approximate surface area is 159 Å². The largest absolute Gasteiger partial charge is 0.492 e. The number of nitro groups is 1. The normalized spacial score (nSPS) is 13.5. The summed E-state index contributed by atoms with van der Waals surface area (Å²) in [5.41, 5.74) is 0.930. The summed E-state index contributed by atoms with van der Waals surface area (Å²) in [7, 11) is 1.20. The summed E-state index contributed by atoms with van der Waals surface area (Å²) in [5.74, 6) is -2.81. The molecule has 0 radical (unpaired) electrons. The van der Waals surface area contributed by atoms with Crippen molar-refractivity contribution >= 4 is 28.8 Å². The molecule has 28 heavy (non-hydrogen) atoms. The summed E-state index contributed by atoms with van der Waals surface area (Å²) < 4.78 is 4.79. The van der Waals surface area contributed by atoms with Gasteiger partial charge in [-0.25, -0.2) is 0 Å². The first-order valence-corrected chi connectivity index (χ1v) is 8.12. The average Bonchev–Trinajstić information content (AvgIpc) is 2.70. The average molecular weight is 378 g/mol. The number of nitrogens with zero attached hydrogens (tertiary/aromatic N) is 1. The number of ketones is 2. The summed E-state index contributed by atoms with van der Waals surface area (Å²) in [6.07, 6.45) is 1.98. The Morgan fingerprint density at radius 3 is 2.39 bits per heavy atom. The second-order valence-corrected chi connectivity index (χ2v) is 5.81. The minimum absolute atomic E-state index is 0.0349. The highest BCUT2D eigenvalue weighted by molar-refractivity contribution is 6.48. The van der Waals surface area contributed by atoms with Crippen LogP contribution >= 0.6 is 0 Å². The number of carbonyl (C=O) groups is 3. The number of nitrogens with one attached hydrogen (secondary N) is 1. The number of amides is 1. The summed E-state index contributed by atoms with van der Waals surface area (Å²) in [6.45, 7) is 0. The summed E-state index contributed by atoms with van der Waals surface area (Å²) >= 11 is 0. The van der Waals surface area contributed by atoms with E-state index in [1.165, 1.54) is 19.2 Å². The van der Waals surface area contributed by atoms with Gasteiger partial charge in [-0.2, -0.15) is 0 Å². The Balaban J connectivity index is 1.92. The first kappa shape index (κ1) is 18.7. The predicted molar refractivity (Wildman–Crippen MR) is 100 cm³/mol. The van der Waals surface area contributed by atoms with Gasteiger partial charge in [-0.1, -0.05) is 36.4 Å². The maximum Gasteiger partial charge on any atom is 0.293 e. The molecule has 140 valence electrons. The van der Waals surface area contributed by atoms with Crippen LogP contribution in [0.25, 0.3) is 11.1 Å². The van der Waals surface area contributed by atoms with Gasteiger partial charge in [-0.3, -0.25) is 24.5 Å². The molecule has 8 heteroatoms. The lowest BCUT2D eigenvalue weighted by Crippen LogP contribution is -2.24. The predicted octanol–water partition coefficient (Wildman–Crippen LogP) is 2.81. The minimum Gasteiger partial charge on any atom is -0.492 e. The summed E-state index contributed by atoms with van der Waals surface area (Å²) in [5, 5.41) is 13.9. The second-order valence-electron chi connectivity index (χ2n) is 5.81. The molecule has 0 atom stereocenters. The smallest absolute Gasteiger partial charge is 0.293 e. The van der Waals surface area contributed by atoms with E-state index in [-0.39, 0.29) is 22.7 Å². The van der Waals surface area contributed by atoms with Crippen LogP contribution in [0.2, 0.25) is 0 Å². The van der Waals surface area contributed by atoms with Crippen LogP contribution in [0.5, 0.6) is 0 Å². The third kappa shape index (κ3) is 3.70. The Bertz CT molecular complexity index is 1050. The van der Waals surface area contributed by atoms with Crippen molar-refractivity contribution in [2.75, 3.05) is 12.4 Å². The van der Waals surface area contributed by atoms with Gasteiger partial charge in [0.2, 0.25) is 5.78 Å². The van der Waals surface area contributed by atoms with Crippen molar-refractivity contribution in [2.45, 2.75) is 0 Å². The standard InChI is InChI=1S/C20H14N2O6/c1-28-18-11-14(10-17(23)19(18)24)20(25)21-15-8-7-13(9-16(15)22(26)27)12-5-3-2-4-6-12/h2-11H,1H3,(H,21,25). The van der Waals surface area contributed by atoms with Crippen molar-refractivity contribution in [3.8, 4) is 11.1 Å². The number of carbonyl (C=O) groups excluding carboxylic acids is 3. The number of hydrogen-bond acceptors (Lipinski definition) is 6. The Hall–Kier alpha value is -4.07. The SMILES string of the molecule is COC1=CC(C(=O)Nc2ccc(-c3ccccc3)cc2[N+](=O)[O-])=CC(=O)C1=O. The van der Waals surface area contributed by atoms with E-state index in [0.29, 0.717) is 5.56 Å². The zero-order valence-corrected chi connectivity index (χ0v) is 14.7. The number of Topliss-reactive ketones (excluding diaryl/α,β-unsaturated/α-hetero) is 1. The van der Waals surface area contributed by atoms with E-state index < -0.39 is 22.4 Å². The maximum absolute atomic E-state index is 12.4. The van der Waals surface area contributed by atoms with Crippen LogP contribution in [0.15, 0.2) is 72.0 Å². The quantitative estimate of drug-likeness (QED) is 0.370. The van der Waals surface area contributed by atoms with Crippen LogP contribution < -0.4 is 5.32 Å². The van der Waals surface area contributed by atoms with E-state index >= 15 is 0 Å². The fraction of sp³-hybridized carbons (Fsp3) is 0.0500. The molecule has 1 aliphatic carbocycles. The number of hydrogen-bond donors (Lipinski definition) is 1. The second kappa shape index (κ2) is 7.67. The summed E-state index contributed by atoms with van der Waals surface area (Å²) in [4.78, 5) is 46.6. The highest BCUT2D eigenvalue weighted by atomic mass is 16.6. The molecule has 0 saturated heterocycles. The molecule has 0 unspecified atom stereocenters. The van der Waals surface area contributed by atoms with E-state index in [1.807, 2.05) is 30.3 Å². The van der Waals surface area contributed by atoms with Crippen LogP contribution in [0.4, 0.5) is 11.4 Å². The molecule has 0 spiro atoms. The van der Waals surface area contributed by atoms with Gasteiger partial charge in [0, 0.05) is 17.7 Å². The highest BCUT2D eigenvalue weighted by Gasteiger charge is 2.27. The summed E-state index contributed by atoms with van der Waals surface area (Å²) in [6, 6.07) is 13.5. The molecular formula is C20H14N2O6. The molecule has 0 bridgehead atoms. The molecule has 0 aliphatic heterocycles. The molecule has 0 fully saturated rings. The van der Waals surface area contributed by atoms with E-state index in [4.69, 9.17) is 4.74 Å². The van der Waals surface area contributed by atoms with Crippen LogP contribution in [-0.2, 0) is 19.1 Å². The van der Waals surface area contributed by atoms with Crippen LogP contribution in [0, 0.1) is 10.1 Å². The van der Waals surface area contributed by atoms with Gasteiger partial charge in [0.1, 0.15) is 5.69 Å². The molecule has 1 aliphatic rings. The third-order valence-electron chi connectivity index (χ3n) is 4.05. The molecule has 2 aromatic carbocycles. The molecule has 1 N–H and O–H groups in total. The van der Waals surface area contributed by atoms with Gasteiger partial charge in [0.25, 0.3) is 17.4 Å². The number of nitro benzene ring substituents is 1. The molecule has 1 amide bonds. The van der Waals surface area contributed by atoms with Crippen LogP contribution in [0.3, 0.4) is 0 Å². The van der Waals surface area contributed by atoms with Crippen molar-refractivity contribution in [3.05, 3.63) is 82.1 Å². The molecule has 8 nitrogen and oxygen atoms in total. The molecular weight excluding hydrogens is 364 g/mol. The number of rotatable bonds is 5. The molecule has 0 saturated carbocycles. The zero-order chi connectivity index (χ0) is 20.3. The van der Waals surface area contributed by atoms with Crippen molar-refractivity contribution in [1.82, 2.24) is 0 Å². The van der Waals surface area contributed by atoms with Gasteiger partial charge in [0.15, 0.2) is 5.76 Å². The van der Waals surface area contributed by atoms with Gasteiger partial charge in [-0.05, 0) is 23.3 Å². The van der Waals surface area contributed by atoms with Crippen molar-refractivity contribution in [2.24, 2.45) is 0 Å². The highest BCUT2D eigenvalue weighted by Crippen LogP contribution is 2.31. The Morgan fingerprint density at radius 2 is 1.75 bits per heavy atom. The Kier molecular flexibility index (Phi) is 5.12. The van der Waals surface area contributed by atoms with E-state index in [9.17, 15) is 24.5 Å². The van der Waals surface area contributed by atoms with Crippen LogP contribution in [-0.4, -0.2) is 29.5 Å². The van der Waals surface area contributed by atoms with E-state index in [2.05, 4.69) is 5.32 Å². The van der Waals surface area contributed by atoms with E-state index in [1.54, 1.807) is 6.07 Å². The fourth-order valence-corrected chi connectivity index (χ4v) is 2.65. The zero-order valence-electron chi connectivity index (χ0n) is 14.7. The first-order valence-electron chi connectivity index (χ1n) is 8.12. The maximum atomic E-state index is 12.4. The van der Waals surface area contributed by atoms with Crippen molar-refractivity contribution < 1.29 is 24.0 Å². The molecule has 3 rings (SSSR count). The fourth-order valence-electron chi connectivity index (χ4n) is 2.65.